The van der Waals surface area contributed by atoms with E-state index < -0.39 is 22.4 Å². The minimum absolute atomic E-state index is 0. The molecule has 0 spiro atoms. The Labute approximate surface area is 168 Å². The summed E-state index contributed by atoms with van der Waals surface area (Å²) in [6.45, 7) is 0. The van der Waals surface area contributed by atoms with Crippen LogP contribution in [0.25, 0.3) is 0 Å². The number of para-hydroxylation sites is 2. The molecular formula is C14H7Cl2N2NaO5. The van der Waals surface area contributed by atoms with Crippen molar-refractivity contribution in [1.82, 2.24) is 0 Å². The smallest absolute Gasteiger partial charge is 0.545 e. The molecule has 1 amide bonds. The molecule has 0 radical (unpaired) electrons. The summed E-state index contributed by atoms with van der Waals surface area (Å²) >= 11 is 11.5. The summed E-state index contributed by atoms with van der Waals surface area (Å²) in [6, 6.07) is 7.46. The number of nitro benzene ring substituents is 1. The van der Waals surface area contributed by atoms with Crippen LogP contribution >= 0.6 is 23.2 Å². The molecule has 0 saturated heterocycles. The maximum absolute atomic E-state index is 12.3. The van der Waals surface area contributed by atoms with E-state index in [2.05, 4.69) is 5.32 Å². The Morgan fingerprint density at radius 3 is 2.12 bits per heavy atom. The van der Waals surface area contributed by atoms with Gasteiger partial charge in [-0.05, 0) is 18.2 Å². The van der Waals surface area contributed by atoms with Crippen molar-refractivity contribution in [1.29, 1.82) is 0 Å². The second kappa shape index (κ2) is 8.46. The van der Waals surface area contributed by atoms with Crippen molar-refractivity contribution >= 4 is 46.5 Å². The average molecular weight is 377 g/mol. The first-order valence-electron chi connectivity index (χ1n) is 6.06. The van der Waals surface area contributed by atoms with Gasteiger partial charge in [0.25, 0.3) is 11.6 Å². The van der Waals surface area contributed by atoms with Gasteiger partial charge >= 0.3 is 29.6 Å². The van der Waals surface area contributed by atoms with Gasteiger partial charge in [-0.1, -0.05) is 35.3 Å². The molecule has 0 aliphatic heterocycles. The second-order valence-corrected chi connectivity index (χ2v) is 5.14. The Hall–Kier alpha value is -1.64. The number of hydrogen-bond donors (Lipinski definition) is 1. The molecule has 0 fully saturated rings. The van der Waals surface area contributed by atoms with Crippen LogP contribution in [0, 0.1) is 10.1 Å². The monoisotopic (exact) mass is 376 g/mol. The number of carboxylic acids is 1. The Balaban J connectivity index is 0.00000288. The molecule has 10 heteroatoms. The van der Waals surface area contributed by atoms with Crippen molar-refractivity contribution in [3.05, 3.63) is 67.7 Å². The number of rotatable bonds is 4. The largest absolute Gasteiger partial charge is 1.00 e. The van der Waals surface area contributed by atoms with Crippen molar-refractivity contribution in [3.8, 4) is 0 Å². The van der Waals surface area contributed by atoms with Gasteiger partial charge in [-0.3, -0.25) is 14.9 Å². The molecule has 2 rings (SSSR count). The van der Waals surface area contributed by atoms with Crippen LogP contribution in [0.3, 0.4) is 0 Å². The van der Waals surface area contributed by atoms with Crippen LogP contribution in [-0.4, -0.2) is 16.8 Å². The first kappa shape index (κ1) is 20.4. The molecule has 0 aliphatic rings. The fourth-order valence-corrected chi connectivity index (χ4v) is 2.16. The second-order valence-electron chi connectivity index (χ2n) is 4.33. The van der Waals surface area contributed by atoms with E-state index in [-0.39, 0.29) is 56.5 Å². The number of aromatic carboxylic acids is 1. The zero-order valence-electron chi connectivity index (χ0n) is 12.2. The van der Waals surface area contributed by atoms with Crippen LogP contribution in [0.2, 0.25) is 10.0 Å². The molecule has 0 aromatic heterocycles. The normalized spacial score (nSPS) is 9.75. The van der Waals surface area contributed by atoms with Crippen LogP contribution in [0.1, 0.15) is 20.7 Å². The van der Waals surface area contributed by atoms with Gasteiger partial charge in [0.15, 0.2) is 0 Å². The van der Waals surface area contributed by atoms with Gasteiger partial charge < -0.3 is 15.2 Å². The number of amides is 1. The average Bonchev–Trinajstić information content (AvgIpc) is 2.49. The van der Waals surface area contributed by atoms with Crippen molar-refractivity contribution in [2.24, 2.45) is 0 Å². The first-order chi connectivity index (χ1) is 10.8. The van der Waals surface area contributed by atoms with Crippen LogP contribution in [0.4, 0.5) is 11.4 Å². The summed E-state index contributed by atoms with van der Waals surface area (Å²) in [6.07, 6.45) is 0. The summed E-state index contributed by atoms with van der Waals surface area (Å²) < 4.78 is 0. The van der Waals surface area contributed by atoms with Gasteiger partial charge in [0.05, 0.1) is 26.5 Å². The molecule has 0 unspecified atom stereocenters. The molecule has 0 bridgehead atoms. The van der Waals surface area contributed by atoms with Gasteiger partial charge in [0.1, 0.15) is 5.69 Å². The minimum atomic E-state index is -1.63. The molecule has 2 aromatic carbocycles. The summed E-state index contributed by atoms with van der Waals surface area (Å²) in [5.74, 6) is -2.52. The van der Waals surface area contributed by atoms with Crippen LogP contribution in [-0.2, 0) is 0 Å². The fraction of sp³-hybridized carbons (Fsp3) is 0. The summed E-state index contributed by atoms with van der Waals surface area (Å²) in [5, 5.41) is 24.2. The van der Waals surface area contributed by atoms with Gasteiger partial charge in [0.2, 0.25) is 0 Å². The van der Waals surface area contributed by atoms with Gasteiger partial charge in [0, 0.05) is 11.6 Å². The first-order valence-corrected chi connectivity index (χ1v) is 6.82. The predicted octanol–water partition coefficient (Wildman–Crippen LogP) is -0.479. The molecule has 24 heavy (non-hydrogen) atoms. The molecule has 0 saturated carbocycles. The molecule has 1 N–H and O–H groups in total. The minimum Gasteiger partial charge on any atom is -0.545 e. The van der Waals surface area contributed by atoms with Crippen molar-refractivity contribution in [2.75, 3.05) is 5.32 Å². The van der Waals surface area contributed by atoms with E-state index in [4.69, 9.17) is 23.2 Å². The maximum Gasteiger partial charge on any atom is 1.00 e. The van der Waals surface area contributed by atoms with Crippen LogP contribution in [0.15, 0.2) is 36.4 Å². The number of nitrogens with zero attached hydrogens (tertiary/aromatic N) is 1. The number of nitro groups is 1. The molecular weight excluding hydrogens is 370 g/mol. The summed E-state index contributed by atoms with van der Waals surface area (Å²) in [5.41, 5.74) is -1.22. The standard InChI is InChI=1S/C14H8Cl2N2O5.Na/c15-9-5-7(8(14(20)21)6-10(9)16)13(19)17-11-3-1-2-4-12(11)18(22)23;/h1-6H,(H,17,19)(H,20,21);/q;+1/p-1. The number of hydrogen-bond acceptors (Lipinski definition) is 5. The molecule has 7 nitrogen and oxygen atoms in total. The number of carbonyl (C=O) groups is 2. The number of anilines is 1. The maximum atomic E-state index is 12.3. The van der Waals surface area contributed by atoms with Crippen molar-refractivity contribution < 1.29 is 49.2 Å². The van der Waals surface area contributed by atoms with E-state index >= 15 is 0 Å². The Morgan fingerprint density at radius 1 is 1.04 bits per heavy atom. The van der Waals surface area contributed by atoms with Crippen molar-refractivity contribution in [3.63, 3.8) is 0 Å². The summed E-state index contributed by atoms with van der Waals surface area (Å²) in [4.78, 5) is 33.6. The molecule has 0 aliphatic carbocycles. The van der Waals surface area contributed by atoms with E-state index in [0.717, 1.165) is 12.1 Å². The van der Waals surface area contributed by atoms with Crippen LogP contribution < -0.4 is 40.0 Å². The topological polar surface area (TPSA) is 112 Å². The third kappa shape index (κ3) is 4.46. The number of benzene rings is 2. The zero-order chi connectivity index (χ0) is 17.1. The number of carboxylic acid groups (broad SMARTS) is 1. The third-order valence-corrected chi connectivity index (χ3v) is 3.60. The molecule has 118 valence electrons. The van der Waals surface area contributed by atoms with E-state index in [0.29, 0.717) is 0 Å². The Bertz CT molecular complexity index is 829. The SMILES string of the molecule is O=C([O-])c1cc(Cl)c(Cl)cc1C(=O)Nc1ccccc1[N+](=O)[O-].[Na+]. The number of halogens is 2. The predicted molar refractivity (Wildman–Crippen MR) is 81.8 cm³/mol. The van der Waals surface area contributed by atoms with Gasteiger partial charge in [-0.15, -0.1) is 0 Å². The molecule has 0 atom stereocenters. The van der Waals surface area contributed by atoms with E-state index in [1.807, 2.05) is 0 Å². The number of nitrogens with one attached hydrogen (secondary N) is 1. The van der Waals surface area contributed by atoms with E-state index in [1.54, 1.807) is 0 Å². The van der Waals surface area contributed by atoms with E-state index in [1.165, 1.54) is 24.3 Å². The van der Waals surface area contributed by atoms with Crippen molar-refractivity contribution in [2.45, 2.75) is 0 Å². The quantitative estimate of drug-likeness (QED) is 0.440. The number of carbonyl (C=O) groups excluding carboxylic acids is 2. The zero-order valence-corrected chi connectivity index (χ0v) is 15.7. The van der Waals surface area contributed by atoms with Gasteiger partial charge in [-0.2, -0.15) is 0 Å². The molecule has 2 aromatic rings. The Kier molecular flexibility index (Phi) is 7.19. The summed E-state index contributed by atoms with van der Waals surface area (Å²) in [7, 11) is 0. The van der Waals surface area contributed by atoms with E-state index in [9.17, 15) is 24.8 Å². The third-order valence-electron chi connectivity index (χ3n) is 2.87. The van der Waals surface area contributed by atoms with Gasteiger partial charge in [-0.25, -0.2) is 0 Å². The fourth-order valence-electron chi connectivity index (χ4n) is 1.83. The molecule has 0 heterocycles. The van der Waals surface area contributed by atoms with Crippen LogP contribution in [0.5, 0.6) is 0 Å². The Morgan fingerprint density at radius 2 is 1.58 bits per heavy atom.